The Labute approximate surface area is 138 Å². The van der Waals surface area contributed by atoms with E-state index in [9.17, 15) is 13.6 Å². The molecule has 0 heterocycles. The molecule has 1 fully saturated rings. The van der Waals surface area contributed by atoms with E-state index in [0.717, 1.165) is 25.0 Å². The van der Waals surface area contributed by atoms with Gasteiger partial charge in [-0.05, 0) is 55.2 Å². The molecule has 2 aromatic carbocycles. The SMILES string of the molecule is NC(CNC(=O)c1ccc(Oc2ccc(F)cc2F)cc1)C1CC1. The summed E-state index contributed by atoms with van der Waals surface area (Å²) in [6, 6.07) is 9.34. The van der Waals surface area contributed by atoms with Crippen molar-refractivity contribution in [3.05, 3.63) is 59.7 Å². The molecule has 0 saturated heterocycles. The fourth-order valence-electron chi connectivity index (χ4n) is 2.36. The van der Waals surface area contributed by atoms with Crippen molar-refractivity contribution in [3.8, 4) is 11.5 Å². The van der Waals surface area contributed by atoms with Crippen LogP contribution >= 0.6 is 0 Å². The third-order valence-electron chi connectivity index (χ3n) is 3.96. The van der Waals surface area contributed by atoms with Crippen LogP contribution in [0.3, 0.4) is 0 Å². The lowest BCUT2D eigenvalue weighted by atomic mass is 10.1. The summed E-state index contributed by atoms with van der Waals surface area (Å²) in [4.78, 5) is 12.0. The maximum absolute atomic E-state index is 13.5. The largest absolute Gasteiger partial charge is 0.454 e. The van der Waals surface area contributed by atoms with Crippen molar-refractivity contribution in [1.82, 2.24) is 5.32 Å². The second-order valence-corrected chi connectivity index (χ2v) is 5.91. The summed E-state index contributed by atoms with van der Waals surface area (Å²) in [5, 5.41) is 2.80. The lowest BCUT2D eigenvalue weighted by Crippen LogP contribution is -2.38. The van der Waals surface area contributed by atoms with E-state index in [0.29, 0.717) is 23.8 Å². The van der Waals surface area contributed by atoms with E-state index < -0.39 is 11.6 Å². The number of carbonyl (C=O) groups excluding carboxylic acids is 1. The number of amides is 1. The minimum absolute atomic E-state index is 0.00184. The molecule has 1 atom stereocenters. The van der Waals surface area contributed by atoms with Gasteiger partial charge in [0.05, 0.1) is 0 Å². The van der Waals surface area contributed by atoms with E-state index in [1.807, 2.05) is 0 Å². The minimum atomic E-state index is -0.786. The molecule has 0 aliphatic heterocycles. The quantitative estimate of drug-likeness (QED) is 0.854. The van der Waals surface area contributed by atoms with Crippen molar-refractivity contribution in [2.75, 3.05) is 6.54 Å². The molecule has 0 radical (unpaired) electrons. The first-order chi connectivity index (χ1) is 11.5. The van der Waals surface area contributed by atoms with Crippen molar-refractivity contribution >= 4 is 5.91 Å². The van der Waals surface area contributed by atoms with Crippen LogP contribution in [0.25, 0.3) is 0 Å². The molecule has 0 aromatic heterocycles. The van der Waals surface area contributed by atoms with Crippen LogP contribution in [0.2, 0.25) is 0 Å². The van der Waals surface area contributed by atoms with E-state index in [2.05, 4.69) is 5.32 Å². The molecule has 24 heavy (non-hydrogen) atoms. The summed E-state index contributed by atoms with van der Waals surface area (Å²) in [5.74, 6) is -0.879. The number of ether oxygens (including phenoxy) is 1. The number of hydrogen-bond donors (Lipinski definition) is 2. The molecule has 3 rings (SSSR count). The summed E-state index contributed by atoms with van der Waals surface area (Å²) in [6.45, 7) is 0.447. The second-order valence-electron chi connectivity index (χ2n) is 5.91. The van der Waals surface area contributed by atoms with Gasteiger partial charge in [-0.2, -0.15) is 0 Å². The average Bonchev–Trinajstić information content (AvgIpc) is 3.40. The normalized spacial score (nSPS) is 15.0. The van der Waals surface area contributed by atoms with Crippen molar-refractivity contribution in [1.29, 1.82) is 0 Å². The van der Waals surface area contributed by atoms with Crippen molar-refractivity contribution in [2.45, 2.75) is 18.9 Å². The summed E-state index contributed by atoms with van der Waals surface area (Å²) in [5.41, 5.74) is 6.41. The lowest BCUT2D eigenvalue weighted by Gasteiger charge is -2.12. The van der Waals surface area contributed by atoms with Gasteiger partial charge in [-0.3, -0.25) is 4.79 Å². The molecule has 3 N–H and O–H groups in total. The Morgan fingerprint density at radius 1 is 1.21 bits per heavy atom. The van der Waals surface area contributed by atoms with Gasteiger partial charge in [-0.1, -0.05) is 0 Å². The van der Waals surface area contributed by atoms with E-state index in [1.54, 1.807) is 24.3 Å². The Kier molecular flexibility index (Phi) is 4.76. The van der Waals surface area contributed by atoms with Gasteiger partial charge >= 0.3 is 0 Å². The fraction of sp³-hybridized carbons (Fsp3) is 0.278. The number of carbonyl (C=O) groups is 1. The molecule has 2 aromatic rings. The van der Waals surface area contributed by atoms with Crippen molar-refractivity contribution in [3.63, 3.8) is 0 Å². The number of nitrogens with two attached hydrogens (primary N) is 1. The number of rotatable bonds is 6. The second kappa shape index (κ2) is 6.97. The zero-order valence-electron chi connectivity index (χ0n) is 13.0. The molecule has 1 amide bonds. The highest BCUT2D eigenvalue weighted by molar-refractivity contribution is 5.94. The third-order valence-corrected chi connectivity index (χ3v) is 3.96. The average molecular weight is 332 g/mol. The standard InChI is InChI=1S/C18H18F2N2O2/c19-13-5-8-17(15(20)9-13)24-14-6-3-12(4-7-14)18(23)22-10-16(21)11-1-2-11/h3-9,11,16H,1-2,10,21H2,(H,22,23). The topological polar surface area (TPSA) is 64.3 Å². The predicted molar refractivity (Wildman–Crippen MR) is 85.9 cm³/mol. The third kappa shape index (κ3) is 4.08. The first-order valence-electron chi connectivity index (χ1n) is 7.79. The summed E-state index contributed by atoms with van der Waals surface area (Å²) < 4.78 is 31.8. The van der Waals surface area contributed by atoms with Crippen LogP contribution in [0, 0.1) is 17.6 Å². The van der Waals surface area contributed by atoms with Crippen molar-refractivity contribution < 1.29 is 18.3 Å². The number of halogens is 2. The maximum Gasteiger partial charge on any atom is 0.251 e. The van der Waals surface area contributed by atoms with Crippen LogP contribution < -0.4 is 15.8 Å². The molecular weight excluding hydrogens is 314 g/mol. The number of benzene rings is 2. The minimum Gasteiger partial charge on any atom is -0.454 e. The maximum atomic E-state index is 13.5. The molecule has 1 unspecified atom stereocenters. The number of nitrogens with one attached hydrogen (secondary N) is 1. The first kappa shape index (κ1) is 16.4. The van der Waals surface area contributed by atoms with Crippen molar-refractivity contribution in [2.24, 2.45) is 11.7 Å². The van der Waals surface area contributed by atoms with Gasteiger partial charge in [0.15, 0.2) is 11.6 Å². The van der Waals surface area contributed by atoms with E-state index in [4.69, 9.17) is 10.5 Å². The van der Waals surface area contributed by atoms with Crippen LogP contribution in [0.5, 0.6) is 11.5 Å². The van der Waals surface area contributed by atoms with Gasteiger partial charge in [0.2, 0.25) is 0 Å². The van der Waals surface area contributed by atoms with Gasteiger partial charge in [0, 0.05) is 24.2 Å². The highest BCUT2D eigenvalue weighted by Crippen LogP contribution is 2.31. The lowest BCUT2D eigenvalue weighted by molar-refractivity contribution is 0.0950. The van der Waals surface area contributed by atoms with Gasteiger partial charge in [0.25, 0.3) is 5.91 Å². The van der Waals surface area contributed by atoms with Crippen LogP contribution in [-0.2, 0) is 0 Å². The molecule has 0 bridgehead atoms. The molecule has 1 saturated carbocycles. The molecule has 4 nitrogen and oxygen atoms in total. The Bertz CT molecular complexity index is 730. The summed E-state index contributed by atoms with van der Waals surface area (Å²) >= 11 is 0. The van der Waals surface area contributed by atoms with E-state index in [1.165, 1.54) is 6.07 Å². The highest BCUT2D eigenvalue weighted by atomic mass is 19.1. The molecule has 0 spiro atoms. The molecule has 6 heteroatoms. The van der Waals surface area contributed by atoms with Crippen LogP contribution in [0.4, 0.5) is 8.78 Å². The monoisotopic (exact) mass is 332 g/mol. The Balaban J connectivity index is 1.59. The van der Waals surface area contributed by atoms with Gasteiger partial charge in [0.1, 0.15) is 11.6 Å². The highest BCUT2D eigenvalue weighted by Gasteiger charge is 2.28. The summed E-state index contributed by atoms with van der Waals surface area (Å²) in [7, 11) is 0. The Morgan fingerprint density at radius 2 is 1.92 bits per heavy atom. The molecule has 126 valence electrons. The predicted octanol–water partition coefficient (Wildman–Crippen LogP) is 3.22. The summed E-state index contributed by atoms with van der Waals surface area (Å²) in [6.07, 6.45) is 2.26. The van der Waals surface area contributed by atoms with Gasteiger partial charge in [-0.15, -0.1) is 0 Å². The van der Waals surface area contributed by atoms with E-state index >= 15 is 0 Å². The van der Waals surface area contributed by atoms with Crippen LogP contribution in [-0.4, -0.2) is 18.5 Å². The van der Waals surface area contributed by atoms with Gasteiger partial charge in [-0.25, -0.2) is 8.78 Å². The zero-order chi connectivity index (χ0) is 17.1. The smallest absolute Gasteiger partial charge is 0.251 e. The van der Waals surface area contributed by atoms with Gasteiger partial charge < -0.3 is 15.8 Å². The van der Waals surface area contributed by atoms with Crippen LogP contribution in [0.15, 0.2) is 42.5 Å². The van der Waals surface area contributed by atoms with E-state index in [-0.39, 0.29) is 17.7 Å². The Morgan fingerprint density at radius 3 is 2.54 bits per heavy atom. The Hall–Kier alpha value is -2.47. The molecule has 1 aliphatic carbocycles. The fourth-order valence-corrected chi connectivity index (χ4v) is 2.36. The van der Waals surface area contributed by atoms with Crippen LogP contribution in [0.1, 0.15) is 23.2 Å². The zero-order valence-corrected chi connectivity index (χ0v) is 13.0. The molecule has 1 aliphatic rings. The molecular formula is C18H18F2N2O2. The number of hydrogen-bond acceptors (Lipinski definition) is 3. The first-order valence-corrected chi connectivity index (χ1v) is 7.79.